The first-order valence-corrected chi connectivity index (χ1v) is 12.5. The highest BCUT2D eigenvalue weighted by Crippen LogP contribution is 2.31. The Kier molecular flexibility index (Phi) is 9.30. The summed E-state index contributed by atoms with van der Waals surface area (Å²) >= 11 is 6.39. The van der Waals surface area contributed by atoms with Gasteiger partial charge >= 0.3 is 0 Å². The summed E-state index contributed by atoms with van der Waals surface area (Å²) in [7, 11) is 1.77. The zero-order valence-electron chi connectivity index (χ0n) is 20.8. The number of aryl methyl sites for hydroxylation is 2. The lowest BCUT2D eigenvalue weighted by atomic mass is 9.89. The van der Waals surface area contributed by atoms with E-state index >= 15 is 0 Å². The van der Waals surface area contributed by atoms with Crippen LogP contribution in [0.2, 0.25) is 5.02 Å². The van der Waals surface area contributed by atoms with E-state index in [1.54, 1.807) is 18.0 Å². The maximum absolute atomic E-state index is 12.9. The highest BCUT2D eigenvalue weighted by Gasteiger charge is 2.29. The summed E-state index contributed by atoms with van der Waals surface area (Å²) in [5, 5.41) is 3.30. The number of rotatable bonds is 9. The molecule has 1 fully saturated rings. The number of benzene rings is 1. The summed E-state index contributed by atoms with van der Waals surface area (Å²) in [5.74, 6) is -0.304. The lowest BCUT2D eigenvalue weighted by Gasteiger charge is -2.40. The largest absolute Gasteiger partial charge is 0.369 e. The Morgan fingerprint density at radius 3 is 2.40 bits per heavy atom. The van der Waals surface area contributed by atoms with Gasteiger partial charge in [-0.1, -0.05) is 11.6 Å². The molecule has 2 aromatic rings. The first kappa shape index (κ1) is 27.1. The van der Waals surface area contributed by atoms with Gasteiger partial charge in [0.15, 0.2) is 0 Å². The third-order valence-corrected chi connectivity index (χ3v) is 7.11. The van der Waals surface area contributed by atoms with Crippen LogP contribution in [-0.4, -0.2) is 54.4 Å². The van der Waals surface area contributed by atoms with Crippen molar-refractivity contribution < 1.29 is 13.6 Å². The van der Waals surface area contributed by atoms with Crippen LogP contribution in [0.15, 0.2) is 29.1 Å². The smallest absolute Gasteiger partial charge is 0.253 e. The molecule has 0 radical (unpaired) electrons. The second-order valence-corrected chi connectivity index (χ2v) is 9.84. The molecule has 0 unspecified atom stereocenters. The van der Waals surface area contributed by atoms with E-state index in [4.69, 9.17) is 11.6 Å². The van der Waals surface area contributed by atoms with Crippen molar-refractivity contribution in [2.45, 2.75) is 71.5 Å². The number of nitrogens with one attached hydrogen (secondary N) is 2. The fourth-order valence-corrected chi connectivity index (χ4v) is 5.30. The number of alkyl halides is 2. The minimum absolute atomic E-state index is 0.121. The number of carbonyl (C=O) groups excluding carboxylic acids is 1. The molecule has 1 aromatic heterocycles. The molecule has 0 bridgehead atoms. The average molecular weight is 509 g/mol. The van der Waals surface area contributed by atoms with Crippen molar-refractivity contribution >= 4 is 23.2 Å². The minimum atomic E-state index is -2.32. The van der Waals surface area contributed by atoms with Crippen LogP contribution in [0.25, 0.3) is 0 Å². The van der Waals surface area contributed by atoms with Crippen molar-refractivity contribution in [1.29, 1.82) is 0 Å². The number of pyridine rings is 1. The lowest BCUT2D eigenvalue weighted by molar-refractivity contribution is 0.0688. The number of amides is 1. The van der Waals surface area contributed by atoms with E-state index in [1.807, 2.05) is 32.0 Å². The molecule has 6 nitrogen and oxygen atoms in total. The maximum Gasteiger partial charge on any atom is 0.253 e. The Morgan fingerprint density at radius 1 is 1.14 bits per heavy atom. The molecule has 0 saturated heterocycles. The van der Waals surface area contributed by atoms with Crippen molar-refractivity contribution in [3.05, 3.63) is 62.0 Å². The Labute approximate surface area is 210 Å². The number of hydrogen-bond donors (Lipinski definition) is 2. The summed E-state index contributed by atoms with van der Waals surface area (Å²) in [6.07, 6.45) is 1.14. The molecule has 1 aromatic carbocycles. The molecule has 1 saturated carbocycles. The fourth-order valence-electron chi connectivity index (χ4n) is 5.07. The highest BCUT2D eigenvalue weighted by atomic mass is 35.5. The number of halogens is 3. The predicted octanol–water partition coefficient (Wildman–Crippen LogP) is 4.91. The molecule has 9 heteroatoms. The van der Waals surface area contributed by atoms with Gasteiger partial charge in [0.05, 0.1) is 6.54 Å². The number of aromatic amines is 1. The molecule has 1 heterocycles. The zero-order chi connectivity index (χ0) is 25.7. The number of nitrogens with zero attached hydrogens (tertiary/aromatic N) is 2. The first-order valence-electron chi connectivity index (χ1n) is 12.1. The Hall–Kier alpha value is -2.45. The van der Waals surface area contributed by atoms with E-state index in [0.717, 1.165) is 49.2 Å². The molecular weight excluding hydrogens is 474 g/mol. The van der Waals surface area contributed by atoms with Gasteiger partial charge in [-0.2, -0.15) is 0 Å². The molecule has 0 atom stereocenters. The van der Waals surface area contributed by atoms with E-state index in [2.05, 4.69) is 22.1 Å². The van der Waals surface area contributed by atoms with Crippen LogP contribution in [0, 0.1) is 13.8 Å². The number of carbonyl (C=O) groups is 1. The topological polar surface area (TPSA) is 68.4 Å². The molecule has 1 aliphatic rings. The van der Waals surface area contributed by atoms with Crippen LogP contribution >= 0.6 is 11.6 Å². The van der Waals surface area contributed by atoms with Gasteiger partial charge in [-0.3, -0.25) is 14.5 Å². The quantitative estimate of drug-likeness (QED) is 0.505. The second-order valence-electron chi connectivity index (χ2n) is 9.40. The van der Waals surface area contributed by atoms with Gasteiger partial charge in [0.25, 0.3) is 17.9 Å². The van der Waals surface area contributed by atoms with Crippen LogP contribution in [-0.2, 0) is 6.54 Å². The summed E-state index contributed by atoms with van der Waals surface area (Å²) in [4.78, 5) is 32.0. The SMILES string of the molecule is CCN(c1cc(Cl)cc(C(=O)NCc2c(C)cc(C)[nH]c2=O)c1)C1CCC(N(C)CC(F)F)CC1. The third kappa shape index (κ3) is 7.04. The molecule has 0 spiro atoms. The summed E-state index contributed by atoms with van der Waals surface area (Å²) in [6.45, 7) is 6.38. The molecule has 0 aliphatic heterocycles. The normalized spacial score (nSPS) is 18.2. The van der Waals surface area contributed by atoms with Gasteiger partial charge in [0, 0.05) is 52.7 Å². The van der Waals surface area contributed by atoms with Gasteiger partial charge in [0.2, 0.25) is 0 Å². The number of aromatic nitrogens is 1. The zero-order valence-corrected chi connectivity index (χ0v) is 21.6. The first-order chi connectivity index (χ1) is 16.6. The predicted molar refractivity (Wildman–Crippen MR) is 137 cm³/mol. The average Bonchev–Trinajstić information content (AvgIpc) is 2.78. The molecular formula is C26H35ClF2N4O2. The Bertz CT molecular complexity index is 1080. The van der Waals surface area contributed by atoms with E-state index in [1.165, 1.54) is 0 Å². The van der Waals surface area contributed by atoms with E-state index < -0.39 is 6.43 Å². The van der Waals surface area contributed by atoms with Gasteiger partial charge in [0.1, 0.15) is 0 Å². The second kappa shape index (κ2) is 12.0. The number of H-pyrrole nitrogens is 1. The summed E-state index contributed by atoms with van der Waals surface area (Å²) in [5.41, 5.74) is 3.20. The van der Waals surface area contributed by atoms with Gasteiger partial charge in [-0.25, -0.2) is 8.78 Å². The fraction of sp³-hybridized carbons (Fsp3) is 0.538. The highest BCUT2D eigenvalue weighted by molar-refractivity contribution is 6.31. The van der Waals surface area contributed by atoms with Gasteiger partial charge in [-0.05, 0) is 83.3 Å². The van der Waals surface area contributed by atoms with Gasteiger partial charge in [-0.15, -0.1) is 0 Å². The molecule has 1 aliphatic carbocycles. The lowest BCUT2D eigenvalue weighted by Crippen LogP contribution is -2.44. The van der Waals surface area contributed by atoms with Crippen molar-refractivity contribution in [3.8, 4) is 0 Å². The summed E-state index contributed by atoms with van der Waals surface area (Å²) < 4.78 is 25.5. The van der Waals surface area contributed by atoms with Gasteiger partial charge < -0.3 is 15.2 Å². The molecule has 2 N–H and O–H groups in total. The van der Waals surface area contributed by atoms with Crippen LogP contribution in [0.5, 0.6) is 0 Å². The molecule has 35 heavy (non-hydrogen) atoms. The van der Waals surface area contributed by atoms with E-state index in [9.17, 15) is 18.4 Å². The third-order valence-electron chi connectivity index (χ3n) is 6.89. The standard InChI is InChI=1S/C26H35ClF2N4O2/c1-5-33(21-8-6-20(7-9-21)32(4)15-24(28)29)22-12-18(11-19(27)13-22)25(34)30-14-23-16(2)10-17(3)31-26(23)35/h10-13,20-21,24H,5-9,14-15H2,1-4H3,(H,30,34)(H,31,35). The van der Waals surface area contributed by atoms with Crippen molar-refractivity contribution in [3.63, 3.8) is 0 Å². The molecule has 3 rings (SSSR count). The van der Waals surface area contributed by atoms with Crippen LogP contribution in [0.1, 0.15) is 59.8 Å². The van der Waals surface area contributed by atoms with Crippen LogP contribution in [0.4, 0.5) is 14.5 Å². The Morgan fingerprint density at radius 2 is 1.80 bits per heavy atom. The van der Waals surface area contributed by atoms with Crippen molar-refractivity contribution in [1.82, 2.24) is 15.2 Å². The number of anilines is 1. The van der Waals surface area contributed by atoms with E-state index in [0.29, 0.717) is 16.1 Å². The Balaban J connectivity index is 1.70. The summed E-state index contributed by atoms with van der Waals surface area (Å²) in [6, 6.07) is 7.58. The van der Waals surface area contributed by atoms with Crippen LogP contribution < -0.4 is 15.8 Å². The van der Waals surface area contributed by atoms with Crippen molar-refractivity contribution in [2.24, 2.45) is 0 Å². The monoisotopic (exact) mass is 508 g/mol. The van der Waals surface area contributed by atoms with E-state index in [-0.39, 0.29) is 36.6 Å². The maximum atomic E-state index is 12.9. The molecule has 192 valence electrons. The van der Waals surface area contributed by atoms with Crippen molar-refractivity contribution in [2.75, 3.05) is 25.0 Å². The number of hydrogen-bond acceptors (Lipinski definition) is 4. The van der Waals surface area contributed by atoms with Crippen LogP contribution in [0.3, 0.4) is 0 Å². The minimum Gasteiger partial charge on any atom is -0.369 e. The molecule has 1 amide bonds.